The first-order valence-corrected chi connectivity index (χ1v) is 7.17. The smallest absolute Gasteiger partial charge is 0.409 e. The summed E-state index contributed by atoms with van der Waals surface area (Å²) in [5.74, 6) is 6.12. The molecule has 9 heteroatoms. The second-order valence-electron chi connectivity index (χ2n) is 4.69. The van der Waals surface area contributed by atoms with Crippen molar-refractivity contribution in [2.75, 3.05) is 5.01 Å². The Morgan fingerprint density at radius 2 is 2.05 bits per heavy atom. The quantitative estimate of drug-likeness (QED) is 0.401. The average Bonchev–Trinajstić information content (AvgIpc) is 2.97. The molecule has 2 aromatic rings. The molecule has 2 N–H and O–H groups in total. The van der Waals surface area contributed by atoms with Gasteiger partial charge in [-0.1, -0.05) is 25.2 Å². The molecule has 0 aliphatic heterocycles. The van der Waals surface area contributed by atoms with Crippen molar-refractivity contribution in [3.05, 3.63) is 45.5 Å². The molecule has 0 unspecified atom stereocenters. The molecule has 0 atom stereocenters. The third-order valence-corrected chi connectivity index (χ3v) is 4.03. The first kappa shape index (κ1) is 15.9. The van der Waals surface area contributed by atoms with Crippen LogP contribution in [0.5, 0.6) is 5.75 Å². The third kappa shape index (κ3) is 3.57. The van der Waals surface area contributed by atoms with Gasteiger partial charge in [-0.15, -0.1) is 0 Å². The number of thiazole rings is 1. The summed E-state index contributed by atoms with van der Waals surface area (Å²) in [5, 5.41) is 11.7. The molecule has 1 aromatic carbocycles. The summed E-state index contributed by atoms with van der Waals surface area (Å²) >= 11 is 1.29. The first-order valence-electron chi connectivity index (χ1n) is 6.35. The Morgan fingerprint density at radius 3 is 2.55 bits per heavy atom. The van der Waals surface area contributed by atoms with Crippen LogP contribution in [0.15, 0.2) is 30.5 Å². The first-order chi connectivity index (χ1) is 10.4. The SMILES string of the molecule is CC(C)c1cnc(N(N)C(=O)Oc2ccc([N+](=O)[O-])cc2)s1. The van der Waals surface area contributed by atoms with Crippen molar-refractivity contribution in [3.8, 4) is 5.75 Å². The van der Waals surface area contributed by atoms with E-state index in [4.69, 9.17) is 10.6 Å². The summed E-state index contributed by atoms with van der Waals surface area (Å²) in [6.45, 7) is 4.01. The number of non-ortho nitro benzene ring substituents is 1. The van der Waals surface area contributed by atoms with Crippen LogP contribution in [0, 0.1) is 10.1 Å². The number of nitrogens with zero attached hydrogens (tertiary/aromatic N) is 3. The van der Waals surface area contributed by atoms with Crippen molar-refractivity contribution in [2.45, 2.75) is 19.8 Å². The van der Waals surface area contributed by atoms with Gasteiger partial charge in [0.15, 0.2) is 0 Å². The summed E-state index contributed by atoms with van der Waals surface area (Å²) in [5.41, 5.74) is -0.0918. The number of carbonyl (C=O) groups excluding carboxylic acids is 1. The lowest BCUT2D eigenvalue weighted by Gasteiger charge is -2.12. The number of amides is 1. The highest BCUT2D eigenvalue weighted by Gasteiger charge is 2.19. The van der Waals surface area contributed by atoms with Gasteiger partial charge < -0.3 is 4.74 Å². The molecule has 1 aromatic heterocycles. The van der Waals surface area contributed by atoms with Crippen molar-refractivity contribution >= 4 is 28.2 Å². The number of hydrazine groups is 1. The van der Waals surface area contributed by atoms with E-state index < -0.39 is 11.0 Å². The lowest BCUT2D eigenvalue weighted by atomic mass is 10.2. The highest BCUT2D eigenvalue weighted by molar-refractivity contribution is 7.15. The van der Waals surface area contributed by atoms with Gasteiger partial charge in [0.2, 0.25) is 5.13 Å². The van der Waals surface area contributed by atoms with Gasteiger partial charge in [-0.3, -0.25) is 10.1 Å². The Bertz CT molecular complexity index is 684. The second kappa shape index (κ2) is 6.50. The topological polar surface area (TPSA) is 112 Å². The number of carbonyl (C=O) groups is 1. The van der Waals surface area contributed by atoms with Crippen LogP contribution in [0.2, 0.25) is 0 Å². The van der Waals surface area contributed by atoms with E-state index in [0.29, 0.717) is 5.13 Å². The number of ether oxygens (including phenoxy) is 1. The minimum absolute atomic E-state index is 0.0918. The van der Waals surface area contributed by atoms with Crippen molar-refractivity contribution in [1.29, 1.82) is 0 Å². The van der Waals surface area contributed by atoms with Gasteiger partial charge in [0.25, 0.3) is 5.69 Å². The summed E-state index contributed by atoms with van der Waals surface area (Å²) in [4.78, 5) is 27.0. The maximum Gasteiger partial charge on any atom is 0.436 e. The molecular weight excluding hydrogens is 308 g/mol. The number of benzene rings is 1. The molecular formula is C13H14N4O4S. The van der Waals surface area contributed by atoms with Crippen LogP contribution in [0.4, 0.5) is 15.6 Å². The molecule has 1 heterocycles. The van der Waals surface area contributed by atoms with E-state index in [9.17, 15) is 14.9 Å². The van der Waals surface area contributed by atoms with Gasteiger partial charge in [0.05, 0.1) is 4.92 Å². The fraction of sp³-hybridized carbons (Fsp3) is 0.231. The number of rotatable bonds is 4. The lowest BCUT2D eigenvalue weighted by Crippen LogP contribution is -2.39. The zero-order valence-electron chi connectivity index (χ0n) is 11.9. The number of hydrogen-bond donors (Lipinski definition) is 1. The Morgan fingerprint density at radius 1 is 1.41 bits per heavy atom. The molecule has 8 nitrogen and oxygen atoms in total. The van der Waals surface area contributed by atoms with Crippen molar-refractivity contribution < 1.29 is 14.5 Å². The predicted molar refractivity (Wildman–Crippen MR) is 82.0 cm³/mol. The van der Waals surface area contributed by atoms with E-state index in [1.807, 2.05) is 13.8 Å². The molecule has 0 aliphatic rings. The molecule has 0 saturated carbocycles. The van der Waals surface area contributed by atoms with Crippen LogP contribution in [0.3, 0.4) is 0 Å². The maximum atomic E-state index is 11.9. The van der Waals surface area contributed by atoms with Crippen LogP contribution >= 0.6 is 11.3 Å². The Labute approximate surface area is 130 Å². The maximum absolute atomic E-state index is 11.9. The zero-order valence-corrected chi connectivity index (χ0v) is 12.7. The molecule has 0 spiro atoms. The minimum atomic E-state index is -0.821. The summed E-state index contributed by atoms with van der Waals surface area (Å²) in [7, 11) is 0. The molecule has 116 valence electrons. The normalized spacial score (nSPS) is 10.5. The van der Waals surface area contributed by atoms with Gasteiger partial charge >= 0.3 is 6.09 Å². The minimum Gasteiger partial charge on any atom is -0.409 e. The van der Waals surface area contributed by atoms with Crippen LogP contribution in [0.25, 0.3) is 0 Å². The Hall–Kier alpha value is -2.52. The van der Waals surface area contributed by atoms with Crippen molar-refractivity contribution in [1.82, 2.24) is 4.98 Å². The Balaban J connectivity index is 2.05. The number of nitro groups is 1. The third-order valence-electron chi connectivity index (χ3n) is 2.74. The lowest BCUT2D eigenvalue weighted by molar-refractivity contribution is -0.384. The fourth-order valence-corrected chi connectivity index (χ4v) is 2.35. The van der Waals surface area contributed by atoms with Crippen molar-refractivity contribution in [3.63, 3.8) is 0 Å². The number of aromatic nitrogens is 1. The summed E-state index contributed by atoms with van der Waals surface area (Å²) in [6, 6.07) is 5.13. The number of hydrogen-bond acceptors (Lipinski definition) is 7. The van der Waals surface area contributed by atoms with Crippen LogP contribution in [-0.2, 0) is 0 Å². The van der Waals surface area contributed by atoms with E-state index in [0.717, 1.165) is 9.89 Å². The van der Waals surface area contributed by atoms with Gasteiger partial charge in [-0.2, -0.15) is 5.01 Å². The molecule has 22 heavy (non-hydrogen) atoms. The van der Waals surface area contributed by atoms with Gasteiger partial charge in [0, 0.05) is 23.2 Å². The molecule has 1 amide bonds. The highest BCUT2D eigenvalue weighted by atomic mass is 32.1. The molecule has 2 rings (SSSR count). The van der Waals surface area contributed by atoms with Crippen LogP contribution in [0.1, 0.15) is 24.6 Å². The summed E-state index contributed by atoms with van der Waals surface area (Å²) < 4.78 is 5.04. The fourth-order valence-electron chi connectivity index (χ4n) is 1.52. The molecule has 0 bridgehead atoms. The summed E-state index contributed by atoms with van der Waals surface area (Å²) in [6.07, 6.45) is 0.836. The molecule has 0 fully saturated rings. The van der Waals surface area contributed by atoms with E-state index in [1.54, 1.807) is 6.20 Å². The predicted octanol–water partition coefficient (Wildman–Crippen LogP) is 3.05. The van der Waals surface area contributed by atoms with Crippen LogP contribution < -0.4 is 15.6 Å². The molecule has 0 saturated heterocycles. The monoisotopic (exact) mass is 322 g/mol. The van der Waals surface area contributed by atoms with Crippen molar-refractivity contribution in [2.24, 2.45) is 5.84 Å². The standard InChI is InChI=1S/C13H14N4O4S/c1-8(2)11-7-15-12(22-11)16(14)13(18)21-10-5-3-9(4-6-10)17(19)20/h3-8H,14H2,1-2H3. The van der Waals surface area contributed by atoms with Gasteiger partial charge in [-0.25, -0.2) is 15.6 Å². The number of anilines is 1. The van der Waals surface area contributed by atoms with E-state index in [2.05, 4.69) is 4.98 Å². The van der Waals surface area contributed by atoms with E-state index in [-0.39, 0.29) is 17.4 Å². The zero-order chi connectivity index (χ0) is 16.3. The highest BCUT2D eigenvalue weighted by Crippen LogP contribution is 2.27. The van der Waals surface area contributed by atoms with Crippen LogP contribution in [-0.4, -0.2) is 16.0 Å². The molecule has 0 aliphatic carbocycles. The van der Waals surface area contributed by atoms with E-state index in [1.165, 1.54) is 35.6 Å². The Kier molecular flexibility index (Phi) is 4.68. The van der Waals surface area contributed by atoms with E-state index >= 15 is 0 Å². The molecule has 0 radical (unpaired) electrons. The number of nitrogens with two attached hydrogens (primary N) is 1. The largest absolute Gasteiger partial charge is 0.436 e. The van der Waals surface area contributed by atoms with Gasteiger partial charge in [0.1, 0.15) is 5.75 Å². The average molecular weight is 322 g/mol. The second-order valence-corrected chi connectivity index (χ2v) is 5.73. The van der Waals surface area contributed by atoms with Gasteiger partial charge in [-0.05, 0) is 18.1 Å². The number of nitro benzene ring substituents is 1.